The topological polar surface area (TPSA) is 40.9 Å². The molecular weight excluding hydrogens is 194 g/mol. The lowest BCUT2D eigenvalue weighted by Gasteiger charge is -2.09. The number of Topliss-reactive ketones (excluding diaryl/α,β-unsaturated/α-hetero) is 1. The maximum absolute atomic E-state index is 11.8. The van der Waals surface area contributed by atoms with E-state index in [1.54, 1.807) is 0 Å². The first-order chi connectivity index (χ1) is 6.79. The highest BCUT2D eigenvalue weighted by molar-refractivity contribution is 7.12. The van der Waals surface area contributed by atoms with E-state index in [1.165, 1.54) is 11.3 Å². The summed E-state index contributed by atoms with van der Waals surface area (Å²) in [4.78, 5) is 12.7. The summed E-state index contributed by atoms with van der Waals surface area (Å²) in [6, 6.07) is 5.82. The standard InChI is InChI=1S/C11H13NOS/c1-2-9(5-3-7-12)11(13)10-6-4-8-14-10/h4,6,8-9H,2-3,5H2,1H3. The normalized spacial score (nSPS) is 12.0. The monoisotopic (exact) mass is 207 g/mol. The van der Waals surface area contributed by atoms with Crippen LogP contribution in [0.3, 0.4) is 0 Å². The van der Waals surface area contributed by atoms with Crippen LogP contribution in [0.25, 0.3) is 0 Å². The van der Waals surface area contributed by atoms with Crippen molar-refractivity contribution in [2.24, 2.45) is 5.92 Å². The maximum Gasteiger partial charge on any atom is 0.175 e. The molecule has 0 radical (unpaired) electrons. The van der Waals surface area contributed by atoms with Crippen LogP contribution in [0, 0.1) is 17.2 Å². The summed E-state index contributed by atoms with van der Waals surface area (Å²) in [5.74, 6) is 0.214. The van der Waals surface area contributed by atoms with Crippen molar-refractivity contribution in [1.29, 1.82) is 5.26 Å². The summed E-state index contributed by atoms with van der Waals surface area (Å²) in [5, 5.41) is 10.4. The van der Waals surface area contributed by atoms with Gasteiger partial charge in [-0.1, -0.05) is 13.0 Å². The zero-order chi connectivity index (χ0) is 10.4. The Kier molecular flexibility index (Phi) is 4.34. The molecule has 0 saturated heterocycles. The first-order valence-electron chi connectivity index (χ1n) is 4.74. The number of thiophene rings is 1. The molecule has 2 nitrogen and oxygen atoms in total. The van der Waals surface area contributed by atoms with Crippen molar-refractivity contribution in [2.45, 2.75) is 26.2 Å². The molecule has 0 amide bonds. The molecule has 1 atom stereocenters. The minimum absolute atomic E-state index is 0.0216. The van der Waals surface area contributed by atoms with Crippen LogP contribution < -0.4 is 0 Å². The smallest absolute Gasteiger partial charge is 0.175 e. The van der Waals surface area contributed by atoms with E-state index in [2.05, 4.69) is 6.07 Å². The highest BCUT2D eigenvalue weighted by Crippen LogP contribution is 2.20. The van der Waals surface area contributed by atoms with Gasteiger partial charge in [0.05, 0.1) is 10.9 Å². The van der Waals surface area contributed by atoms with E-state index in [0.717, 1.165) is 11.3 Å². The number of hydrogen-bond acceptors (Lipinski definition) is 3. The fraction of sp³-hybridized carbons (Fsp3) is 0.455. The van der Waals surface area contributed by atoms with E-state index in [9.17, 15) is 4.79 Å². The highest BCUT2D eigenvalue weighted by Gasteiger charge is 2.18. The van der Waals surface area contributed by atoms with Crippen molar-refractivity contribution < 1.29 is 4.79 Å². The van der Waals surface area contributed by atoms with Crippen LogP contribution in [0.4, 0.5) is 0 Å². The molecule has 74 valence electrons. The van der Waals surface area contributed by atoms with Crippen molar-refractivity contribution in [2.75, 3.05) is 0 Å². The van der Waals surface area contributed by atoms with Crippen LogP contribution in [0.5, 0.6) is 0 Å². The van der Waals surface area contributed by atoms with Gasteiger partial charge in [-0.3, -0.25) is 4.79 Å². The second-order valence-electron chi connectivity index (χ2n) is 3.14. The average molecular weight is 207 g/mol. The van der Waals surface area contributed by atoms with Crippen molar-refractivity contribution in [3.8, 4) is 6.07 Å². The number of carbonyl (C=O) groups is 1. The van der Waals surface area contributed by atoms with Crippen LogP contribution in [0.1, 0.15) is 35.9 Å². The van der Waals surface area contributed by atoms with Gasteiger partial charge in [-0.25, -0.2) is 0 Å². The second-order valence-corrected chi connectivity index (χ2v) is 4.09. The molecule has 0 aromatic carbocycles. The molecule has 1 unspecified atom stereocenters. The molecule has 1 aromatic rings. The SMILES string of the molecule is CCC(CCC#N)C(=O)c1cccs1. The van der Waals surface area contributed by atoms with Gasteiger partial charge in [0, 0.05) is 12.3 Å². The number of rotatable bonds is 5. The van der Waals surface area contributed by atoms with E-state index in [0.29, 0.717) is 12.8 Å². The number of nitrogens with zero attached hydrogens (tertiary/aromatic N) is 1. The zero-order valence-corrected chi connectivity index (χ0v) is 9.01. The molecule has 0 aliphatic rings. The third kappa shape index (κ3) is 2.68. The minimum Gasteiger partial charge on any atom is -0.293 e. The van der Waals surface area contributed by atoms with Gasteiger partial charge < -0.3 is 0 Å². The Hall–Kier alpha value is -1.14. The zero-order valence-electron chi connectivity index (χ0n) is 8.19. The third-order valence-corrected chi connectivity index (χ3v) is 3.12. The Labute approximate surface area is 88.2 Å². The van der Waals surface area contributed by atoms with Crippen molar-refractivity contribution in [3.63, 3.8) is 0 Å². The van der Waals surface area contributed by atoms with Gasteiger partial charge in [0.2, 0.25) is 0 Å². The Balaban J connectivity index is 2.62. The fourth-order valence-electron chi connectivity index (χ4n) is 1.38. The molecule has 1 heterocycles. The number of carbonyl (C=O) groups excluding carboxylic acids is 1. The van der Waals surface area contributed by atoms with Gasteiger partial charge in [0.15, 0.2) is 5.78 Å². The van der Waals surface area contributed by atoms with Gasteiger partial charge in [0.1, 0.15) is 0 Å². The van der Waals surface area contributed by atoms with Gasteiger partial charge in [-0.2, -0.15) is 5.26 Å². The third-order valence-electron chi connectivity index (χ3n) is 2.23. The lowest BCUT2D eigenvalue weighted by molar-refractivity contribution is 0.0915. The predicted octanol–water partition coefficient (Wildman–Crippen LogP) is 3.26. The Bertz CT molecular complexity index is 324. The summed E-state index contributed by atoms with van der Waals surface area (Å²) in [6.07, 6.45) is 1.97. The van der Waals surface area contributed by atoms with E-state index in [-0.39, 0.29) is 11.7 Å². The van der Waals surface area contributed by atoms with Crippen molar-refractivity contribution in [1.82, 2.24) is 0 Å². The van der Waals surface area contributed by atoms with Crippen LogP contribution in [0.15, 0.2) is 17.5 Å². The number of nitriles is 1. The predicted molar refractivity (Wildman–Crippen MR) is 57.3 cm³/mol. The van der Waals surface area contributed by atoms with Crippen molar-refractivity contribution in [3.05, 3.63) is 22.4 Å². The second kappa shape index (κ2) is 5.56. The number of hydrogen-bond donors (Lipinski definition) is 0. The minimum atomic E-state index is 0.0216. The van der Waals surface area contributed by atoms with Crippen LogP contribution in [0.2, 0.25) is 0 Å². The molecule has 3 heteroatoms. The van der Waals surface area contributed by atoms with Gasteiger partial charge in [0.25, 0.3) is 0 Å². The molecule has 0 fully saturated rings. The molecular formula is C11H13NOS. The molecule has 14 heavy (non-hydrogen) atoms. The first-order valence-corrected chi connectivity index (χ1v) is 5.62. The molecule has 0 spiro atoms. The molecule has 1 rings (SSSR count). The molecule has 0 bridgehead atoms. The Morgan fingerprint density at radius 1 is 1.71 bits per heavy atom. The molecule has 0 saturated carbocycles. The number of ketones is 1. The molecule has 0 aliphatic heterocycles. The van der Waals surface area contributed by atoms with E-state index in [1.807, 2.05) is 24.4 Å². The highest BCUT2D eigenvalue weighted by atomic mass is 32.1. The van der Waals surface area contributed by atoms with Gasteiger partial charge in [-0.15, -0.1) is 11.3 Å². The quantitative estimate of drug-likeness (QED) is 0.695. The summed E-state index contributed by atoms with van der Waals surface area (Å²) in [7, 11) is 0. The largest absolute Gasteiger partial charge is 0.293 e. The average Bonchev–Trinajstić information content (AvgIpc) is 2.71. The van der Waals surface area contributed by atoms with Gasteiger partial charge in [-0.05, 0) is 24.3 Å². The molecule has 0 N–H and O–H groups in total. The molecule has 1 aromatic heterocycles. The summed E-state index contributed by atoms with van der Waals surface area (Å²) in [5.41, 5.74) is 0. The Morgan fingerprint density at radius 3 is 3.00 bits per heavy atom. The van der Waals surface area contributed by atoms with Gasteiger partial charge >= 0.3 is 0 Å². The first kappa shape index (κ1) is 10.9. The van der Waals surface area contributed by atoms with E-state index >= 15 is 0 Å². The summed E-state index contributed by atoms with van der Waals surface area (Å²) < 4.78 is 0. The fourth-order valence-corrected chi connectivity index (χ4v) is 2.12. The maximum atomic E-state index is 11.8. The van der Waals surface area contributed by atoms with E-state index in [4.69, 9.17) is 5.26 Å². The summed E-state index contributed by atoms with van der Waals surface area (Å²) in [6.45, 7) is 1.99. The van der Waals surface area contributed by atoms with Crippen LogP contribution in [-0.2, 0) is 0 Å². The Morgan fingerprint density at radius 2 is 2.50 bits per heavy atom. The van der Waals surface area contributed by atoms with Crippen LogP contribution >= 0.6 is 11.3 Å². The van der Waals surface area contributed by atoms with Crippen molar-refractivity contribution >= 4 is 17.1 Å². The summed E-state index contributed by atoms with van der Waals surface area (Å²) >= 11 is 1.48. The molecule has 0 aliphatic carbocycles. The van der Waals surface area contributed by atoms with E-state index < -0.39 is 0 Å². The lowest BCUT2D eigenvalue weighted by atomic mass is 9.95. The lowest BCUT2D eigenvalue weighted by Crippen LogP contribution is -2.12. The van der Waals surface area contributed by atoms with Crippen LogP contribution in [-0.4, -0.2) is 5.78 Å².